The molecule has 0 unspecified atom stereocenters. The highest BCUT2D eigenvalue weighted by molar-refractivity contribution is 6.14. The summed E-state index contributed by atoms with van der Waals surface area (Å²) >= 11 is 0. The van der Waals surface area contributed by atoms with E-state index >= 15 is 4.79 Å². The van der Waals surface area contributed by atoms with Crippen LogP contribution < -0.4 is 42.5 Å². The number of carbonyl (C=O) groups excluding carboxylic acids is 8. The predicted molar refractivity (Wildman–Crippen MR) is 398 cm³/mol. The van der Waals surface area contributed by atoms with Gasteiger partial charge in [0.2, 0.25) is 5.91 Å². The Labute approximate surface area is 596 Å². The molecule has 0 spiro atoms. The van der Waals surface area contributed by atoms with Crippen LogP contribution >= 0.6 is 0 Å². The standard InChI is InChI=1S/C52H71N13O6.C21H32N6O4/c1-33(2)15-21-63-31-39(27-45(63)50(69)56-37-25-43(61(9)29-37)48(67)54-17-11-19-59(5)6)65(52(71)42-24-36-23-35(47(53)66)13-14-41(36)58-42)40-28-46(64(32-40)22-16-34(3)4)51(70)57-38-26-44(62(10)30-38)49(68)55-18-12-20-60(7)8;1-15(2)7-10-26-14-17(27(30)31)12-19(26)21(29)23-16-11-18(25(5)13-16)20(28)22-8-6-9-24(3)4/h13-14,23-34,58H,11-12,15-22H2,1-10H3,(H2,53,66)(H,54,67)(H,55,68)(H,56,69)(H,57,70);11-15H,6-10H2,1-5H3,(H,22,28)(H,23,29). The van der Waals surface area contributed by atoms with Crippen LogP contribution in [0.1, 0.15) is 164 Å². The minimum absolute atomic E-state index is 0.125. The fraction of sp³-hybridized carbons (Fsp3) is 0.452. The maximum Gasteiger partial charge on any atom is 0.287 e. The number of anilines is 5. The van der Waals surface area contributed by atoms with Gasteiger partial charge < -0.3 is 84.7 Å². The zero-order chi connectivity index (χ0) is 74.8. The lowest BCUT2D eigenvalue weighted by Gasteiger charge is -2.20. The smallest absolute Gasteiger partial charge is 0.287 e. The Kier molecular flexibility index (Phi) is 28.0. The number of aromatic amines is 1. The highest BCUT2D eigenvalue weighted by Gasteiger charge is 2.30. The van der Waals surface area contributed by atoms with E-state index < -0.39 is 34.5 Å². The van der Waals surface area contributed by atoms with Crippen LogP contribution in [-0.4, -0.2) is 181 Å². The lowest BCUT2D eigenvalue weighted by Crippen LogP contribution is -2.28. The molecule has 0 aliphatic heterocycles. The van der Waals surface area contributed by atoms with Crippen molar-refractivity contribution in [1.82, 2.24) is 63.0 Å². The van der Waals surface area contributed by atoms with Crippen LogP contribution in [0.25, 0.3) is 10.9 Å². The van der Waals surface area contributed by atoms with Crippen molar-refractivity contribution in [1.29, 1.82) is 0 Å². The summed E-state index contributed by atoms with van der Waals surface area (Å²) in [5.41, 5.74) is 10.4. The maximum absolute atomic E-state index is 15.2. The molecule has 29 heteroatoms. The molecule has 9 N–H and O–H groups in total. The Morgan fingerprint density at radius 2 is 0.843 bits per heavy atom. The summed E-state index contributed by atoms with van der Waals surface area (Å²) in [7, 11) is 17.0. The minimum atomic E-state index is -0.610. The van der Waals surface area contributed by atoms with E-state index in [2.05, 4.69) is 78.4 Å². The Balaban J connectivity index is 0.000000392. The highest BCUT2D eigenvalue weighted by Crippen LogP contribution is 2.34. The van der Waals surface area contributed by atoms with E-state index in [0.29, 0.717) is 114 Å². The zero-order valence-electron chi connectivity index (χ0n) is 61.7. The molecule has 0 saturated heterocycles. The van der Waals surface area contributed by atoms with Crippen molar-refractivity contribution in [2.24, 2.45) is 44.6 Å². The number of rotatable bonds is 35. The molecule has 550 valence electrons. The molecule has 102 heavy (non-hydrogen) atoms. The van der Waals surface area contributed by atoms with Gasteiger partial charge in [-0.1, -0.05) is 41.5 Å². The zero-order valence-corrected chi connectivity index (χ0v) is 61.7. The molecular weight excluding hydrogens is 1300 g/mol. The van der Waals surface area contributed by atoms with Crippen molar-refractivity contribution < 1.29 is 43.3 Å². The second kappa shape index (κ2) is 36.2. The fourth-order valence-electron chi connectivity index (χ4n) is 11.3. The first-order valence-corrected chi connectivity index (χ1v) is 34.5. The number of nitrogens with zero attached hydrogens (tertiary/aromatic N) is 11. The van der Waals surface area contributed by atoms with Crippen LogP contribution in [0.3, 0.4) is 0 Å². The van der Waals surface area contributed by atoms with Gasteiger partial charge in [-0.2, -0.15) is 0 Å². The number of fused-ring (bicyclic) bond motifs is 1. The summed E-state index contributed by atoms with van der Waals surface area (Å²) in [6.07, 6.45) is 14.5. The van der Waals surface area contributed by atoms with Crippen molar-refractivity contribution in [2.45, 2.75) is 99.7 Å². The number of aryl methyl sites for hydroxylation is 6. The van der Waals surface area contributed by atoms with Gasteiger partial charge >= 0.3 is 0 Å². The molecule has 29 nitrogen and oxygen atoms in total. The van der Waals surface area contributed by atoms with Gasteiger partial charge in [0.15, 0.2) is 0 Å². The second-order valence-corrected chi connectivity index (χ2v) is 27.9. The second-order valence-electron chi connectivity index (χ2n) is 27.9. The Bertz CT molecular complexity index is 4120. The molecule has 7 aromatic heterocycles. The average molecular weight is 1410 g/mol. The number of amides is 8. The molecule has 7 heterocycles. The highest BCUT2D eigenvalue weighted by atomic mass is 16.6. The number of nitrogens with two attached hydrogens (primary N) is 1. The molecule has 1 aromatic carbocycles. The summed E-state index contributed by atoms with van der Waals surface area (Å²) < 4.78 is 10.2. The largest absolute Gasteiger partial charge is 0.366 e. The van der Waals surface area contributed by atoms with Gasteiger partial charge in [-0.3, -0.25) is 53.4 Å². The van der Waals surface area contributed by atoms with Crippen molar-refractivity contribution in [3.05, 3.63) is 153 Å². The molecule has 0 atom stereocenters. The average Bonchev–Trinajstić information content (AvgIpc) is 1.61. The summed E-state index contributed by atoms with van der Waals surface area (Å²) in [5, 5.41) is 29.2. The first-order valence-electron chi connectivity index (χ1n) is 34.5. The van der Waals surface area contributed by atoms with E-state index in [4.69, 9.17) is 5.73 Å². The van der Waals surface area contributed by atoms with E-state index in [1.807, 2.05) is 66.1 Å². The molecule has 0 aliphatic carbocycles. The summed E-state index contributed by atoms with van der Waals surface area (Å²) in [5.74, 6) is -2.29. The molecule has 0 fully saturated rings. The Morgan fingerprint density at radius 3 is 1.19 bits per heavy atom. The van der Waals surface area contributed by atoms with Crippen LogP contribution in [0.2, 0.25) is 0 Å². The molecule has 8 aromatic rings. The van der Waals surface area contributed by atoms with E-state index in [1.54, 1.807) is 125 Å². The third kappa shape index (κ3) is 22.0. The molecule has 0 radical (unpaired) electrons. The van der Waals surface area contributed by atoms with Gasteiger partial charge in [0.25, 0.3) is 47.0 Å². The molecule has 0 bridgehead atoms. The van der Waals surface area contributed by atoms with Crippen molar-refractivity contribution >= 4 is 92.3 Å². The molecule has 8 amide bonds. The third-order valence-corrected chi connectivity index (χ3v) is 16.9. The Hall–Kier alpha value is -10.5. The number of aromatic nitrogens is 7. The number of H-pyrrole nitrogens is 1. The van der Waals surface area contributed by atoms with Crippen LogP contribution in [0.4, 0.5) is 34.1 Å². The third-order valence-electron chi connectivity index (χ3n) is 16.9. The molecule has 8 rings (SSSR count). The van der Waals surface area contributed by atoms with Gasteiger partial charge in [0.1, 0.15) is 39.9 Å². The van der Waals surface area contributed by atoms with E-state index in [9.17, 15) is 43.7 Å². The van der Waals surface area contributed by atoms with Crippen LogP contribution in [0.15, 0.2) is 97.8 Å². The van der Waals surface area contributed by atoms with Gasteiger partial charge in [-0.25, -0.2) is 0 Å². The van der Waals surface area contributed by atoms with Crippen LogP contribution in [0.5, 0.6) is 0 Å². The van der Waals surface area contributed by atoms with Gasteiger partial charge in [-0.05, 0) is 173 Å². The monoisotopic (exact) mass is 1410 g/mol. The van der Waals surface area contributed by atoms with Crippen LogP contribution in [-0.2, 0) is 40.8 Å². The van der Waals surface area contributed by atoms with E-state index in [-0.39, 0.29) is 63.6 Å². The SMILES string of the molecule is CC(C)CCn1cc(N(C(=O)c2cc3cc(C(N)=O)ccc3[nH]2)c2cc(C(=O)Nc3cc(C(=O)NCCCN(C)C)n(C)c3)n(CCC(C)C)c2)cc1C(=O)Nc1cc(C(=O)NCCCN(C)C)n(C)c1.CC(C)CCn1cc([N+](=O)[O-])cc1C(=O)Nc1cc(C(=O)NCCCN(C)C)n(C)c1. The van der Waals surface area contributed by atoms with Crippen LogP contribution in [0, 0.1) is 27.9 Å². The van der Waals surface area contributed by atoms with E-state index in [1.165, 1.54) is 17.2 Å². The van der Waals surface area contributed by atoms with Crippen molar-refractivity contribution in [3.63, 3.8) is 0 Å². The number of hydrogen-bond acceptors (Lipinski definition) is 13. The van der Waals surface area contributed by atoms with Gasteiger partial charge in [0, 0.05) is 114 Å². The first-order chi connectivity index (χ1) is 48.3. The number of nitro groups is 1. The topological polar surface area (TPSA) is 336 Å². The first kappa shape index (κ1) is 78.8. The number of carbonyl (C=O) groups is 8. The van der Waals surface area contributed by atoms with Crippen molar-refractivity contribution in [3.8, 4) is 0 Å². The number of nitrogens with one attached hydrogen (secondary N) is 7. The molecule has 0 saturated carbocycles. The number of hydrogen-bond donors (Lipinski definition) is 8. The summed E-state index contributed by atoms with van der Waals surface area (Å²) in [6.45, 7) is 17.9. The Morgan fingerprint density at radius 1 is 0.480 bits per heavy atom. The lowest BCUT2D eigenvalue weighted by atomic mass is 10.1. The van der Waals surface area contributed by atoms with Gasteiger partial charge in [-0.15, -0.1) is 0 Å². The lowest BCUT2D eigenvalue weighted by molar-refractivity contribution is -0.384. The van der Waals surface area contributed by atoms with E-state index in [0.717, 1.165) is 45.3 Å². The molecule has 0 aliphatic rings. The summed E-state index contributed by atoms with van der Waals surface area (Å²) in [4.78, 5) is 129. The summed E-state index contributed by atoms with van der Waals surface area (Å²) in [6, 6.07) is 15.9. The maximum atomic E-state index is 15.2. The van der Waals surface area contributed by atoms with Gasteiger partial charge in [0.05, 0.1) is 39.6 Å². The quantitative estimate of drug-likeness (QED) is 0.0104. The fourth-order valence-corrected chi connectivity index (χ4v) is 11.3. The minimum Gasteiger partial charge on any atom is -0.366 e. The van der Waals surface area contributed by atoms with Crippen molar-refractivity contribution in [2.75, 3.05) is 102 Å². The molecular formula is C73H103N19O10. The predicted octanol–water partition coefficient (Wildman–Crippen LogP) is 9.20. The normalized spacial score (nSPS) is 11.5. The number of benzene rings is 1. The number of primary amides is 1.